The third-order valence-electron chi connectivity index (χ3n) is 4.09. The molecule has 0 spiro atoms. The lowest BCUT2D eigenvalue weighted by molar-refractivity contribution is -0.122. The summed E-state index contributed by atoms with van der Waals surface area (Å²) < 4.78 is 31.2. The molecule has 1 aromatic heterocycles. The summed E-state index contributed by atoms with van der Waals surface area (Å²) in [5.74, 6) is 0.465. The fourth-order valence-corrected chi connectivity index (χ4v) is 4.33. The maximum absolute atomic E-state index is 12.6. The van der Waals surface area contributed by atoms with Gasteiger partial charge in [0.05, 0.1) is 22.7 Å². The van der Waals surface area contributed by atoms with E-state index >= 15 is 0 Å². The van der Waals surface area contributed by atoms with Crippen molar-refractivity contribution >= 4 is 21.6 Å². The van der Waals surface area contributed by atoms with Crippen LogP contribution in [-0.2, 0) is 31.7 Å². The number of nitrogens with zero attached hydrogens (tertiary/aromatic N) is 2. The van der Waals surface area contributed by atoms with Crippen molar-refractivity contribution < 1.29 is 17.9 Å². The van der Waals surface area contributed by atoms with Gasteiger partial charge in [0.1, 0.15) is 11.6 Å². The molecule has 0 fully saturated rings. The first-order valence-electron chi connectivity index (χ1n) is 8.41. The number of nitrogens with one attached hydrogen (secondary N) is 1. The lowest BCUT2D eigenvalue weighted by Gasteiger charge is -2.24. The molecule has 3 rings (SSSR count). The Morgan fingerprint density at radius 3 is 2.50 bits per heavy atom. The van der Waals surface area contributed by atoms with Crippen LogP contribution in [0.3, 0.4) is 0 Å². The molecule has 8 heteroatoms. The van der Waals surface area contributed by atoms with Gasteiger partial charge in [-0.1, -0.05) is 18.2 Å². The molecular formula is C18H23N3O4S. The van der Waals surface area contributed by atoms with Crippen molar-refractivity contribution in [3.05, 3.63) is 41.6 Å². The quantitative estimate of drug-likeness (QED) is 0.884. The lowest BCUT2D eigenvalue weighted by atomic mass is 10.1. The minimum Gasteiger partial charge on any atom is -0.481 e. The minimum absolute atomic E-state index is 0.0929. The molecular weight excluding hydrogens is 354 g/mol. The summed E-state index contributed by atoms with van der Waals surface area (Å²) in [6.07, 6.45) is -0.741. The van der Waals surface area contributed by atoms with E-state index in [1.807, 2.05) is 39.0 Å². The third-order valence-corrected chi connectivity index (χ3v) is 5.53. The van der Waals surface area contributed by atoms with Crippen LogP contribution in [-0.4, -0.2) is 30.2 Å². The van der Waals surface area contributed by atoms with Gasteiger partial charge in [0.15, 0.2) is 15.9 Å². The molecule has 0 radical (unpaired) electrons. The Labute approximate surface area is 153 Å². The number of fused-ring (bicyclic) bond motifs is 1. The van der Waals surface area contributed by atoms with Crippen molar-refractivity contribution in [2.24, 2.45) is 0 Å². The van der Waals surface area contributed by atoms with E-state index in [1.54, 1.807) is 23.7 Å². The van der Waals surface area contributed by atoms with E-state index in [-0.39, 0.29) is 17.4 Å². The lowest BCUT2D eigenvalue weighted by Crippen LogP contribution is -2.33. The van der Waals surface area contributed by atoms with Crippen LogP contribution in [0.1, 0.15) is 39.0 Å². The normalized spacial score (nSPS) is 16.8. The number of hydrogen-bond acceptors (Lipinski definition) is 5. The number of sulfone groups is 1. The maximum atomic E-state index is 12.6. The van der Waals surface area contributed by atoms with Crippen LogP contribution in [0.4, 0.5) is 5.82 Å². The van der Waals surface area contributed by atoms with Crippen LogP contribution >= 0.6 is 0 Å². The second-order valence-corrected chi connectivity index (χ2v) is 9.52. The highest BCUT2D eigenvalue weighted by Gasteiger charge is 2.35. The second kappa shape index (κ2) is 6.42. The SMILES string of the molecule is C[C@@H](Oc1ccccc1)C(=O)Nc1c2c(nn1C(C)(C)C)CS(=O)(=O)C2. The number of amides is 1. The monoisotopic (exact) mass is 377 g/mol. The van der Waals surface area contributed by atoms with Crippen LogP contribution in [0.25, 0.3) is 0 Å². The minimum atomic E-state index is -3.21. The van der Waals surface area contributed by atoms with Gasteiger partial charge in [-0.3, -0.25) is 4.79 Å². The summed E-state index contributed by atoms with van der Waals surface area (Å²) in [6, 6.07) is 9.06. The van der Waals surface area contributed by atoms with E-state index in [1.165, 1.54) is 0 Å². The van der Waals surface area contributed by atoms with Gasteiger partial charge in [0.25, 0.3) is 5.91 Å². The smallest absolute Gasteiger partial charge is 0.266 e. The maximum Gasteiger partial charge on any atom is 0.266 e. The molecule has 1 atom stereocenters. The van der Waals surface area contributed by atoms with Crippen LogP contribution in [0.2, 0.25) is 0 Å². The van der Waals surface area contributed by atoms with E-state index in [4.69, 9.17) is 4.74 Å². The van der Waals surface area contributed by atoms with E-state index in [0.29, 0.717) is 22.8 Å². The number of anilines is 1. The molecule has 0 unspecified atom stereocenters. The van der Waals surface area contributed by atoms with Gasteiger partial charge >= 0.3 is 0 Å². The number of ether oxygens (including phenoxy) is 1. The number of carbonyl (C=O) groups is 1. The molecule has 1 amide bonds. The Bertz CT molecular complexity index is 927. The van der Waals surface area contributed by atoms with Crippen molar-refractivity contribution in [3.8, 4) is 5.75 Å². The van der Waals surface area contributed by atoms with Gasteiger partial charge in [-0.2, -0.15) is 5.10 Å². The van der Waals surface area contributed by atoms with Crippen molar-refractivity contribution in [2.75, 3.05) is 5.32 Å². The number of rotatable bonds is 4. The molecule has 1 aliphatic rings. The zero-order chi connectivity index (χ0) is 19.1. The van der Waals surface area contributed by atoms with Crippen molar-refractivity contribution in [3.63, 3.8) is 0 Å². The zero-order valence-electron chi connectivity index (χ0n) is 15.3. The predicted molar refractivity (Wildman–Crippen MR) is 98.7 cm³/mol. The predicted octanol–water partition coefficient (Wildman–Crippen LogP) is 2.47. The highest BCUT2D eigenvalue weighted by Crippen LogP contribution is 2.34. The van der Waals surface area contributed by atoms with Gasteiger partial charge in [-0.25, -0.2) is 13.1 Å². The van der Waals surface area contributed by atoms with Crippen molar-refractivity contribution in [2.45, 2.75) is 50.8 Å². The summed E-state index contributed by atoms with van der Waals surface area (Å²) >= 11 is 0. The Morgan fingerprint density at radius 2 is 1.88 bits per heavy atom. The number of benzene rings is 1. The molecule has 0 aliphatic carbocycles. The zero-order valence-corrected chi connectivity index (χ0v) is 16.1. The number of carbonyl (C=O) groups excluding carboxylic acids is 1. The first-order chi connectivity index (χ1) is 12.1. The topological polar surface area (TPSA) is 90.3 Å². The van der Waals surface area contributed by atoms with Crippen LogP contribution in [0.15, 0.2) is 30.3 Å². The van der Waals surface area contributed by atoms with E-state index < -0.39 is 21.5 Å². The molecule has 0 bridgehead atoms. The Morgan fingerprint density at radius 1 is 1.23 bits per heavy atom. The molecule has 1 aromatic carbocycles. The van der Waals surface area contributed by atoms with E-state index in [0.717, 1.165) is 0 Å². The molecule has 7 nitrogen and oxygen atoms in total. The summed E-state index contributed by atoms with van der Waals surface area (Å²) in [5, 5.41) is 7.26. The molecule has 0 saturated carbocycles. The summed E-state index contributed by atoms with van der Waals surface area (Å²) in [6.45, 7) is 7.49. The average molecular weight is 377 g/mol. The average Bonchev–Trinajstić information content (AvgIpc) is 3.01. The highest BCUT2D eigenvalue weighted by atomic mass is 32.2. The molecule has 26 heavy (non-hydrogen) atoms. The van der Waals surface area contributed by atoms with Gasteiger partial charge in [-0.05, 0) is 39.8 Å². The second-order valence-electron chi connectivity index (χ2n) is 7.45. The first-order valence-corrected chi connectivity index (χ1v) is 10.2. The fraction of sp³-hybridized carbons (Fsp3) is 0.444. The van der Waals surface area contributed by atoms with E-state index in [9.17, 15) is 13.2 Å². The first kappa shape index (κ1) is 18.4. The third kappa shape index (κ3) is 3.75. The Balaban J connectivity index is 1.86. The summed E-state index contributed by atoms with van der Waals surface area (Å²) in [4.78, 5) is 12.6. The Kier molecular flexibility index (Phi) is 4.56. The van der Waals surface area contributed by atoms with Gasteiger partial charge in [-0.15, -0.1) is 0 Å². The number of aromatic nitrogens is 2. The number of hydrogen-bond donors (Lipinski definition) is 1. The molecule has 2 aromatic rings. The van der Waals surface area contributed by atoms with Crippen molar-refractivity contribution in [1.29, 1.82) is 0 Å². The van der Waals surface area contributed by atoms with Crippen molar-refractivity contribution in [1.82, 2.24) is 9.78 Å². The van der Waals surface area contributed by atoms with Gasteiger partial charge < -0.3 is 10.1 Å². The summed E-state index contributed by atoms with van der Waals surface area (Å²) in [7, 11) is -3.21. The molecule has 1 N–H and O–H groups in total. The molecule has 2 heterocycles. The Hall–Kier alpha value is -2.35. The molecule has 1 aliphatic heterocycles. The molecule has 140 valence electrons. The van der Waals surface area contributed by atoms with Crippen LogP contribution in [0, 0.1) is 0 Å². The van der Waals surface area contributed by atoms with Crippen LogP contribution in [0.5, 0.6) is 5.75 Å². The van der Waals surface area contributed by atoms with Gasteiger partial charge in [0.2, 0.25) is 0 Å². The standard InChI is InChI=1S/C18H23N3O4S/c1-12(25-13-8-6-5-7-9-13)17(22)19-16-14-10-26(23,24)11-15(14)20-21(16)18(2,3)4/h5-9,12H,10-11H2,1-4H3,(H,19,22)/t12-/m1/s1. The fourth-order valence-electron chi connectivity index (χ4n) is 2.83. The summed E-state index contributed by atoms with van der Waals surface area (Å²) in [5.41, 5.74) is 0.673. The van der Waals surface area contributed by atoms with Crippen LogP contribution < -0.4 is 10.1 Å². The number of para-hydroxylation sites is 1. The highest BCUT2D eigenvalue weighted by molar-refractivity contribution is 7.90. The largest absolute Gasteiger partial charge is 0.481 e. The van der Waals surface area contributed by atoms with E-state index in [2.05, 4.69) is 10.4 Å². The van der Waals surface area contributed by atoms with Gasteiger partial charge in [0, 0.05) is 5.56 Å². The molecule has 0 saturated heterocycles.